The summed E-state index contributed by atoms with van der Waals surface area (Å²) in [5, 5.41) is 0. The number of nitrogens with zero attached hydrogens (tertiary/aromatic N) is 1. The second kappa shape index (κ2) is 6.04. The molecular formula is C17H23N3O3S. The minimum atomic E-state index is -3.55. The molecule has 24 heavy (non-hydrogen) atoms. The summed E-state index contributed by atoms with van der Waals surface area (Å²) in [7, 11) is -3.55. The van der Waals surface area contributed by atoms with Crippen LogP contribution in [0.15, 0.2) is 18.2 Å². The van der Waals surface area contributed by atoms with E-state index in [1.165, 1.54) is 0 Å². The van der Waals surface area contributed by atoms with Gasteiger partial charge in [-0.2, -0.15) is 13.1 Å². The van der Waals surface area contributed by atoms with Crippen molar-refractivity contribution in [2.24, 2.45) is 5.92 Å². The Bertz CT molecular complexity index is 752. The Labute approximate surface area is 142 Å². The van der Waals surface area contributed by atoms with Gasteiger partial charge in [0.05, 0.1) is 5.69 Å². The maximum atomic E-state index is 12.3. The molecule has 0 bridgehead atoms. The van der Waals surface area contributed by atoms with Crippen LogP contribution in [0.4, 0.5) is 11.4 Å². The lowest BCUT2D eigenvalue weighted by Gasteiger charge is -2.18. The molecule has 2 fully saturated rings. The third-order valence-electron chi connectivity index (χ3n) is 5.10. The smallest absolute Gasteiger partial charge is 0.299 e. The van der Waals surface area contributed by atoms with E-state index in [9.17, 15) is 13.2 Å². The SMILES string of the molecule is O=C(C1CC1)N1CCc2cc(NS(=O)(=O)NC3CCCC3)ccc21. The van der Waals surface area contributed by atoms with E-state index in [-0.39, 0.29) is 17.9 Å². The van der Waals surface area contributed by atoms with Gasteiger partial charge >= 0.3 is 0 Å². The van der Waals surface area contributed by atoms with Gasteiger partial charge in [0.1, 0.15) is 0 Å². The molecule has 2 saturated carbocycles. The van der Waals surface area contributed by atoms with Crippen molar-refractivity contribution in [3.8, 4) is 0 Å². The zero-order chi connectivity index (χ0) is 16.7. The Morgan fingerprint density at radius 1 is 1.12 bits per heavy atom. The molecule has 1 amide bonds. The zero-order valence-electron chi connectivity index (χ0n) is 13.6. The van der Waals surface area contributed by atoms with Crippen LogP contribution >= 0.6 is 0 Å². The van der Waals surface area contributed by atoms with Gasteiger partial charge in [-0.3, -0.25) is 9.52 Å². The Balaban J connectivity index is 1.46. The highest BCUT2D eigenvalue weighted by Crippen LogP contribution is 2.37. The van der Waals surface area contributed by atoms with Crippen molar-refractivity contribution in [3.63, 3.8) is 0 Å². The summed E-state index contributed by atoms with van der Waals surface area (Å²) in [6.07, 6.45) is 6.74. The molecule has 1 aliphatic heterocycles. The van der Waals surface area contributed by atoms with E-state index < -0.39 is 10.2 Å². The Morgan fingerprint density at radius 2 is 1.88 bits per heavy atom. The zero-order valence-corrected chi connectivity index (χ0v) is 14.4. The van der Waals surface area contributed by atoms with Gasteiger partial charge in [0.15, 0.2) is 0 Å². The topological polar surface area (TPSA) is 78.5 Å². The van der Waals surface area contributed by atoms with E-state index in [1.807, 2.05) is 17.0 Å². The number of carbonyl (C=O) groups excluding carboxylic acids is 1. The molecule has 1 aromatic rings. The van der Waals surface area contributed by atoms with Gasteiger partial charge in [0.25, 0.3) is 10.2 Å². The minimum Gasteiger partial charge on any atom is -0.312 e. The maximum absolute atomic E-state index is 12.3. The highest BCUT2D eigenvalue weighted by Gasteiger charge is 2.36. The molecule has 6 nitrogen and oxygen atoms in total. The summed E-state index contributed by atoms with van der Waals surface area (Å²) in [5.41, 5.74) is 2.52. The number of benzene rings is 1. The molecule has 2 N–H and O–H groups in total. The lowest BCUT2D eigenvalue weighted by Crippen LogP contribution is -2.37. The quantitative estimate of drug-likeness (QED) is 0.855. The van der Waals surface area contributed by atoms with E-state index in [2.05, 4.69) is 9.44 Å². The van der Waals surface area contributed by atoms with Gasteiger partial charge in [-0.05, 0) is 55.9 Å². The first-order valence-electron chi connectivity index (χ1n) is 8.76. The van der Waals surface area contributed by atoms with Gasteiger partial charge in [0, 0.05) is 24.2 Å². The summed E-state index contributed by atoms with van der Waals surface area (Å²) in [6, 6.07) is 5.49. The van der Waals surface area contributed by atoms with Gasteiger partial charge in [-0.1, -0.05) is 12.8 Å². The number of fused-ring (bicyclic) bond motifs is 1. The average molecular weight is 349 g/mol. The number of nitrogens with one attached hydrogen (secondary N) is 2. The van der Waals surface area contributed by atoms with E-state index in [1.54, 1.807) is 6.07 Å². The third-order valence-corrected chi connectivity index (χ3v) is 6.24. The van der Waals surface area contributed by atoms with Gasteiger partial charge in [0.2, 0.25) is 5.91 Å². The van der Waals surface area contributed by atoms with E-state index in [0.29, 0.717) is 12.2 Å². The molecule has 0 radical (unpaired) electrons. The number of rotatable bonds is 5. The third kappa shape index (κ3) is 3.28. The Hall–Kier alpha value is -1.60. The first kappa shape index (κ1) is 15.9. The van der Waals surface area contributed by atoms with Gasteiger partial charge < -0.3 is 4.90 Å². The number of carbonyl (C=O) groups is 1. The molecule has 0 atom stereocenters. The lowest BCUT2D eigenvalue weighted by molar-refractivity contribution is -0.119. The van der Waals surface area contributed by atoms with E-state index in [0.717, 1.165) is 56.2 Å². The predicted octanol–water partition coefficient (Wildman–Crippen LogP) is 2.17. The van der Waals surface area contributed by atoms with Crippen molar-refractivity contribution in [2.75, 3.05) is 16.2 Å². The lowest BCUT2D eigenvalue weighted by atomic mass is 10.1. The average Bonchev–Trinajstić information content (AvgIpc) is 3.11. The van der Waals surface area contributed by atoms with Crippen LogP contribution < -0.4 is 14.3 Å². The summed E-state index contributed by atoms with van der Waals surface area (Å²) in [5.74, 6) is 0.412. The molecular weight excluding hydrogens is 326 g/mol. The maximum Gasteiger partial charge on any atom is 0.299 e. The van der Waals surface area contributed by atoms with Crippen LogP contribution in [0, 0.1) is 5.92 Å². The second-order valence-corrected chi connectivity index (χ2v) is 8.51. The molecule has 7 heteroatoms. The highest BCUT2D eigenvalue weighted by molar-refractivity contribution is 7.90. The molecule has 0 aromatic heterocycles. The number of amides is 1. The van der Waals surface area contributed by atoms with Crippen LogP contribution in [0.3, 0.4) is 0 Å². The Morgan fingerprint density at radius 3 is 2.58 bits per heavy atom. The molecule has 0 unspecified atom stereocenters. The van der Waals surface area contributed by atoms with Crippen LogP contribution in [-0.4, -0.2) is 26.9 Å². The molecule has 1 heterocycles. The highest BCUT2D eigenvalue weighted by atomic mass is 32.2. The molecule has 0 spiro atoms. The van der Waals surface area contributed by atoms with Crippen LogP contribution in [0.5, 0.6) is 0 Å². The molecule has 1 aromatic carbocycles. The van der Waals surface area contributed by atoms with Crippen LogP contribution in [0.25, 0.3) is 0 Å². The second-order valence-electron chi connectivity index (χ2n) is 7.06. The van der Waals surface area contributed by atoms with Crippen molar-refractivity contribution >= 4 is 27.5 Å². The van der Waals surface area contributed by atoms with Crippen LogP contribution in [0.2, 0.25) is 0 Å². The minimum absolute atomic E-state index is 0.0450. The molecule has 2 aliphatic carbocycles. The summed E-state index contributed by atoms with van der Waals surface area (Å²) >= 11 is 0. The number of hydrogen-bond acceptors (Lipinski definition) is 3. The van der Waals surface area contributed by atoms with E-state index >= 15 is 0 Å². The van der Waals surface area contributed by atoms with Gasteiger partial charge in [-0.25, -0.2) is 0 Å². The van der Waals surface area contributed by atoms with Crippen molar-refractivity contribution < 1.29 is 13.2 Å². The molecule has 3 aliphatic rings. The van der Waals surface area contributed by atoms with Gasteiger partial charge in [-0.15, -0.1) is 0 Å². The van der Waals surface area contributed by atoms with Crippen molar-refractivity contribution in [3.05, 3.63) is 23.8 Å². The van der Waals surface area contributed by atoms with Crippen LogP contribution in [-0.2, 0) is 21.4 Å². The van der Waals surface area contributed by atoms with E-state index in [4.69, 9.17) is 0 Å². The standard InChI is InChI=1S/C17H23N3O3S/c21-17(12-5-6-12)20-10-9-13-11-15(7-8-16(13)20)19-24(22,23)18-14-3-1-2-4-14/h7-8,11-12,14,18-19H,1-6,9-10H2. The van der Waals surface area contributed by atoms with Crippen LogP contribution in [0.1, 0.15) is 44.1 Å². The first-order chi connectivity index (χ1) is 11.5. The number of anilines is 2. The predicted molar refractivity (Wildman–Crippen MR) is 93.2 cm³/mol. The fraction of sp³-hybridized carbons (Fsp3) is 0.588. The fourth-order valence-electron chi connectivity index (χ4n) is 3.69. The van der Waals surface area contributed by atoms with Crippen molar-refractivity contribution in [2.45, 2.75) is 51.0 Å². The molecule has 4 rings (SSSR count). The first-order valence-corrected chi connectivity index (χ1v) is 10.2. The summed E-state index contributed by atoms with van der Waals surface area (Å²) < 4.78 is 29.8. The fourth-order valence-corrected chi connectivity index (χ4v) is 4.86. The normalized spacial score (nSPS) is 21.1. The molecule has 0 saturated heterocycles. The summed E-state index contributed by atoms with van der Waals surface area (Å²) in [6.45, 7) is 0.696. The Kier molecular flexibility index (Phi) is 4.00. The van der Waals surface area contributed by atoms with Crippen molar-refractivity contribution in [1.29, 1.82) is 0 Å². The monoisotopic (exact) mass is 349 g/mol. The van der Waals surface area contributed by atoms with Crippen molar-refractivity contribution in [1.82, 2.24) is 4.72 Å². The molecule has 130 valence electrons. The largest absolute Gasteiger partial charge is 0.312 e. The summed E-state index contributed by atoms with van der Waals surface area (Å²) in [4.78, 5) is 14.1. The number of hydrogen-bond donors (Lipinski definition) is 2.